The van der Waals surface area contributed by atoms with Crippen LogP contribution in [-0.4, -0.2) is 37.9 Å². The van der Waals surface area contributed by atoms with Gasteiger partial charge in [-0.25, -0.2) is 15.1 Å². The third-order valence-corrected chi connectivity index (χ3v) is 3.83. The van der Waals surface area contributed by atoms with Crippen LogP contribution in [0, 0.1) is 6.92 Å². The molecule has 0 bridgehead atoms. The lowest BCUT2D eigenvalue weighted by Gasteiger charge is -2.30. The van der Waals surface area contributed by atoms with Crippen LogP contribution >= 0.6 is 0 Å². The Morgan fingerprint density at radius 1 is 1.04 bits per heavy atom. The summed E-state index contributed by atoms with van der Waals surface area (Å²) >= 11 is 0. The van der Waals surface area contributed by atoms with Crippen molar-refractivity contribution in [2.45, 2.75) is 18.8 Å². The Balaban J connectivity index is 2.53. The number of H-pyrrole nitrogens is 1. The number of ether oxygens (including phenoxy) is 2. The Kier molecular flexibility index (Phi) is 6.12. The number of methoxy groups -OCH3 is 2. The number of hydrogen-bond donors (Lipinski definition) is 2. The third kappa shape index (κ3) is 4.16. The number of aromatic amines is 1. The van der Waals surface area contributed by atoms with E-state index in [4.69, 9.17) is 4.74 Å². The maximum Gasteiger partial charge on any atom is 0.464 e. The molecule has 0 saturated heterocycles. The Morgan fingerprint density at radius 2 is 1.71 bits per heavy atom. The van der Waals surface area contributed by atoms with Gasteiger partial charge in [-0.2, -0.15) is 13.2 Å². The minimum atomic E-state index is -5.24. The molecule has 1 aromatic heterocycles. The number of benzene rings is 1. The number of aryl methyl sites for hydroxylation is 1. The average molecular weight is 398 g/mol. The molecular weight excluding hydrogens is 379 g/mol. The summed E-state index contributed by atoms with van der Waals surface area (Å²) in [4.78, 5) is 27.5. The highest BCUT2D eigenvalue weighted by Gasteiger charge is 2.67. The molecule has 1 aromatic carbocycles. The molecule has 0 fully saturated rings. The van der Waals surface area contributed by atoms with Crippen molar-refractivity contribution >= 4 is 17.7 Å². The average Bonchev–Trinajstić information content (AvgIpc) is 2.65. The van der Waals surface area contributed by atoms with Gasteiger partial charge in [0.25, 0.3) is 11.7 Å². The van der Waals surface area contributed by atoms with E-state index in [2.05, 4.69) is 9.72 Å². The van der Waals surface area contributed by atoms with E-state index < -0.39 is 23.7 Å². The van der Waals surface area contributed by atoms with E-state index in [1.165, 1.54) is 37.4 Å². The molecule has 0 spiro atoms. The number of alkyl halides is 3. The third-order valence-electron chi connectivity index (χ3n) is 3.83. The smallest absolute Gasteiger partial charge is 0.464 e. The first-order valence-corrected chi connectivity index (χ1v) is 8.02. The van der Waals surface area contributed by atoms with Gasteiger partial charge in [-0.15, -0.1) is 0 Å². The van der Waals surface area contributed by atoms with Crippen molar-refractivity contribution in [1.82, 2.24) is 5.32 Å². The van der Waals surface area contributed by atoms with Gasteiger partial charge >= 0.3 is 17.8 Å². The summed E-state index contributed by atoms with van der Waals surface area (Å²) in [5.74, 6) is -3.02. The van der Waals surface area contributed by atoms with E-state index in [0.29, 0.717) is 5.69 Å². The fourth-order valence-corrected chi connectivity index (χ4v) is 2.47. The van der Waals surface area contributed by atoms with Gasteiger partial charge in [-0.1, -0.05) is 18.2 Å². The molecule has 1 atom stereocenters. The first kappa shape index (κ1) is 21.0. The number of amides is 1. The first-order valence-electron chi connectivity index (χ1n) is 8.02. The predicted molar refractivity (Wildman–Crippen MR) is 92.6 cm³/mol. The molecular formula is C18H19F3N3O4+. The maximum atomic E-state index is 14.0. The number of esters is 1. The number of halogens is 3. The second kappa shape index (κ2) is 8.15. The topological polar surface area (TPSA) is 90.8 Å². The lowest BCUT2D eigenvalue weighted by molar-refractivity contribution is -0.372. The van der Waals surface area contributed by atoms with Gasteiger partial charge in [0.05, 0.1) is 25.5 Å². The number of nitrogens with one attached hydrogen (secondary N) is 3. The van der Waals surface area contributed by atoms with Crippen LogP contribution in [0.15, 0.2) is 42.5 Å². The van der Waals surface area contributed by atoms with E-state index in [1.807, 2.05) is 5.32 Å². The highest BCUT2D eigenvalue weighted by Crippen LogP contribution is 2.33. The highest BCUT2D eigenvalue weighted by molar-refractivity contribution is 6.01. The normalized spacial score (nSPS) is 13.2. The number of carbonyl (C=O) groups excluding carboxylic acids is 2. The second-order valence-corrected chi connectivity index (χ2v) is 5.77. The number of para-hydroxylation sites is 1. The number of pyridine rings is 1. The molecule has 3 N–H and O–H groups in total. The largest absolute Gasteiger partial charge is 0.496 e. The van der Waals surface area contributed by atoms with E-state index in [9.17, 15) is 22.8 Å². The van der Waals surface area contributed by atoms with Crippen LogP contribution in [0.2, 0.25) is 0 Å². The summed E-state index contributed by atoms with van der Waals surface area (Å²) < 4.78 is 51.5. The molecule has 0 aliphatic heterocycles. The van der Waals surface area contributed by atoms with Gasteiger partial charge in [0.1, 0.15) is 5.75 Å². The highest BCUT2D eigenvalue weighted by atomic mass is 19.4. The van der Waals surface area contributed by atoms with Crippen molar-refractivity contribution in [3.05, 3.63) is 53.7 Å². The zero-order valence-corrected chi connectivity index (χ0v) is 15.3. The zero-order chi connectivity index (χ0) is 20.9. The molecule has 10 heteroatoms. The van der Waals surface area contributed by atoms with Crippen LogP contribution in [0.3, 0.4) is 0 Å². The van der Waals surface area contributed by atoms with Crippen LogP contribution in [0.25, 0.3) is 0 Å². The van der Waals surface area contributed by atoms with Crippen LogP contribution in [0.5, 0.6) is 5.75 Å². The van der Waals surface area contributed by atoms with Crippen molar-refractivity contribution < 1.29 is 37.2 Å². The Hall–Kier alpha value is -3.30. The van der Waals surface area contributed by atoms with Crippen LogP contribution in [-0.2, 0) is 9.53 Å². The fourth-order valence-electron chi connectivity index (χ4n) is 2.47. The molecule has 0 aliphatic rings. The van der Waals surface area contributed by atoms with Gasteiger partial charge in [0, 0.05) is 6.07 Å². The Labute approximate surface area is 158 Å². The van der Waals surface area contributed by atoms with Gasteiger partial charge in [0.2, 0.25) is 0 Å². The molecule has 0 radical (unpaired) electrons. The number of rotatable bonds is 6. The molecule has 7 nitrogen and oxygen atoms in total. The summed E-state index contributed by atoms with van der Waals surface area (Å²) in [5, 5.41) is 3.76. The molecule has 0 aliphatic carbocycles. The molecule has 150 valence electrons. The standard InChI is InChI=1S/C18H18F3N3O4/c1-11-7-6-10-14(22-11)23-17(16(26)28-3,18(19,20)21)24-15(25)12-8-4-5-9-13(12)27-2/h4-10H,1-3H3,(H,22,23)(H,24,25)/p+1/t17-/m1/s1. The van der Waals surface area contributed by atoms with Gasteiger partial charge in [0.15, 0.2) is 0 Å². The molecule has 0 saturated carbocycles. The number of carbonyl (C=O) groups is 2. The van der Waals surface area contributed by atoms with Crippen molar-refractivity contribution in [1.29, 1.82) is 0 Å². The van der Waals surface area contributed by atoms with Crippen molar-refractivity contribution in [3.63, 3.8) is 0 Å². The summed E-state index contributed by atoms with van der Waals surface area (Å²) in [6.45, 7) is 1.62. The van der Waals surface area contributed by atoms with E-state index in [0.717, 1.165) is 7.11 Å². The maximum absolute atomic E-state index is 14.0. The van der Waals surface area contributed by atoms with E-state index in [-0.39, 0.29) is 17.1 Å². The minimum absolute atomic E-state index is 0.0445. The van der Waals surface area contributed by atoms with E-state index >= 15 is 0 Å². The van der Waals surface area contributed by atoms with Crippen LogP contribution < -0.4 is 20.4 Å². The first-order chi connectivity index (χ1) is 13.1. The number of hydrogen-bond acceptors (Lipinski definition) is 5. The summed E-state index contributed by atoms with van der Waals surface area (Å²) in [7, 11) is 2.06. The van der Waals surface area contributed by atoms with Crippen molar-refractivity contribution in [3.8, 4) is 5.75 Å². The Morgan fingerprint density at radius 3 is 2.29 bits per heavy atom. The molecule has 1 amide bonds. The molecule has 2 rings (SSSR count). The van der Waals surface area contributed by atoms with Crippen LogP contribution in [0.1, 0.15) is 16.1 Å². The lowest BCUT2D eigenvalue weighted by Crippen LogP contribution is -2.69. The summed E-state index contributed by atoms with van der Waals surface area (Å²) in [6, 6.07) is 10.1. The number of aromatic nitrogens is 1. The van der Waals surface area contributed by atoms with E-state index in [1.54, 1.807) is 24.4 Å². The minimum Gasteiger partial charge on any atom is -0.496 e. The molecule has 1 heterocycles. The quantitative estimate of drug-likeness (QED) is 0.575. The summed E-state index contributed by atoms with van der Waals surface area (Å²) in [5.41, 5.74) is -3.19. The van der Waals surface area contributed by atoms with Crippen molar-refractivity contribution in [2.24, 2.45) is 0 Å². The fraction of sp³-hybridized carbons (Fsp3) is 0.278. The second-order valence-electron chi connectivity index (χ2n) is 5.77. The van der Waals surface area contributed by atoms with Crippen LogP contribution in [0.4, 0.5) is 19.0 Å². The molecule has 0 unspecified atom stereocenters. The van der Waals surface area contributed by atoms with Gasteiger partial charge in [-0.05, 0) is 25.1 Å². The monoisotopic (exact) mass is 398 g/mol. The lowest BCUT2D eigenvalue weighted by atomic mass is 10.1. The Bertz CT molecular complexity index is 873. The summed E-state index contributed by atoms with van der Waals surface area (Å²) in [6.07, 6.45) is -5.24. The zero-order valence-electron chi connectivity index (χ0n) is 15.3. The molecule has 2 aromatic rings. The van der Waals surface area contributed by atoms with Crippen molar-refractivity contribution in [2.75, 3.05) is 19.5 Å². The molecule has 28 heavy (non-hydrogen) atoms. The number of anilines is 1. The van der Waals surface area contributed by atoms with Gasteiger partial charge in [-0.3, -0.25) is 10.1 Å². The SMILES string of the molecule is COC(=O)[C@](NC(=O)c1ccccc1OC)(Nc1cccc(C)[nH+]1)C(F)(F)F. The predicted octanol–water partition coefficient (Wildman–Crippen LogP) is 2.09. The van der Waals surface area contributed by atoms with Gasteiger partial charge < -0.3 is 9.47 Å².